The van der Waals surface area contributed by atoms with Crippen LogP contribution in [-0.4, -0.2) is 22.5 Å². The van der Waals surface area contributed by atoms with Crippen LogP contribution in [0.3, 0.4) is 0 Å². The predicted molar refractivity (Wildman–Crippen MR) is 80.0 cm³/mol. The number of carbonyl (C=O) groups excluding carboxylic acids is 1. The van der Waals surface area contributed by atoms with Crippen LogP contribution < -0.4 is 0 Å². The Kier molecular flexibility index (Phi) is 4.16. The number of carbonyl (C=O) groups is 1. The van der Waals surface area contributed by atoms with Crippen LogP contribution in [0.4, 0.5) is 4.39 Å². The van der Waals surface area contributed by atoms with E-state index in [1.807, 2.05) is 6.07 Å². The van der Waals surface area contributed by atoms with Gasteiger partial charge in [-0.15, -0.1) is 0 Å². The third kappa shape index (κ3) is 2.86. The van der Waals surface area contributed by atoms with E-state index >= 15 is 0 Å². The molecule has 1 aromatic carbocycles. The summed E-state index contributed by atoms with van der Waals surface area (Å²) < 4.78 is 18.3. The Bertz CT molecular complexity index is 682. The molecule has 1 fully saturated rings. The molecule has 1 aliphatic rings. The van der Waals surface area contributed by atoms with E-state index in [2.05, 4.69) is 5.16 Å². The Hall–Kier alpha value is -1.88. The quantitative estimate of drug-likeness (QED) is 0.866. The lowest BCUT2D eigenvalue weighted by Gasteiger charge is -2.25. The molecule has 4 nitrogen and oxygen atoms in total. The second-order valence-electron chi connectivity index (χ2n) is 5.50. The maximum Gasteiger partial charge on any atom is 0.229 e. The van der Waals surface area contributed by atoms with Gasteiger partial charge in [0.15, 0.2) is 0 Å². The molecular formula is C16H16ClFN2O2. The molecule has 1 atom stereocenters. The maximum atomic E-state index is 13.4. The molecule has 1 amide bonds. The van der Waals surface area contributed by atoms with Crippen LogP contribution in [-0.2, 0) is 11.2 Å². The van der Waals surface area contributed by atoms with E-state index in [1.165, 1.54) is 12.1 Å². The first-order valence-corrected chi connectivity index (χ1v) is 7.59. The largest absolute Gasteiger partial charge is 0.344 e. The number of likely N-dealkylation sites (tertiary alicyclic amines) is 1. The average molecular weight is 323 g/mol. The van der Waals surface area contributed by atoms with E-state index in [-0.39, 0.29) is 29.4 Å². The van der Waals surface area contributed by atoms with Gasteiger partial charge in [-0.3, -0.25) is 4.79 Å². The summed E-state index contributed by atoms with van der Waals surface area (Å²) >= 11 is 5.92. The molecule has 0 bridgehead atoms. The summed E-state index contributed by atoms with van der Waals surface area (Å²) in [7, 11) is 0. The van der Waals surface area contributed by atoms with Crippen molar-refractivity contribution >= 4 is 17.5 Å². The van der Waals surface area contributed by atoms with Crippen molar-refractivity contribution in [3.8, 4) is 0 Å². The van der Waals surface area contributed by atoms with Gasteiger partial charge < -0.3 is 9.42 Å². The van der Waals surface area contributed by atoms with E-state index in [4.69, 9.17) is 16.1 Å². The van der Waals surface area contributed by atoms with Crippen molar-refractivity contribution in [1.29, 1.82) is 0 Å². The third-order valence-corrected chi connectivity index (χ3v) is 4.37. The van der Waals surface area contributed by atoms with Crippen molar-refractivity contribution in [1.82, 2.24) is 10.1 Å². The number of amides is 1. The highest BCUT2D eigenvalue weighted by Crippen LogP contribution is 2.33. The fourth-order valence-corrected chi connectivity index (χ4v) is 3.17. The van der Waals surface area contributed by atoms with Gasteiger partial charge in [0, 0.05) is 12.1 Å². The van der Waals surface area contributed by atoms with Gasteiger partial charge in [0.05, 0.1) is 18.2 Å². The number of benzene rings is 1. The van der Waals surface area contributed by atoms with Crippen molar-refractivity contribution in [2.24, 2.45) is 0 Å². The van der Waals surface area contributed by atoms with Crippen molar-refractivity contribution in [2.45, 2.75) is 32.2 Å². The lowest BCUT2D eigenvalue weighted by Crippen LogP contribution is -2.32. The third-order valence-electron chi connectivity index (χ3n) is 4.07. The zero-order valence-corrected chi connectivity index (χ0v) is 12.9. The van der Waals surface area contributed by atoms with E-state index < -0.39 is 0 Å². The molecule has 0 N–H and O–H groups in total. The molecule has 2 aromatic rings. The number of aromatic nitrogens is 1. The summed E-state index contributed by atoms with van der Waals surface area (Å²) in [5, 5.41) is 3.92. The average Bonchev–Trinajstić information content (AvgIpc) is 3.09. The van der Waals surface area contributed by atoms with Crippen LogP contribution in [0.15, 0.2) is 28.8 Å². The van der Waals surface area contributed by atoms with Gasteiger partial charge in [0.25, 0.3) is 0 Å². The topological polar surface area (TPSA) is 46.3 Å². The Morgan fingerprint density at radius 2 is 2.36 bits per heavy atom. The number of rotatable bonds is 3. The zero-order valence-electron chi connectivity index (χ0n) is 12.2. The van der Waals surface area contributed by atoms with Crippen molar-refractivity contribution in [2.75, 3.05) is 6.54 Å². The number of hydrogen-bond donors (Lipinski definition) is 0. The molecule has 0 saturated carbocycles. The number of nitrogens with zero attached hydrogens (tertiary/aromatic N) is 2. The smallest absolute Gasteiger partial charge is 0.229 e. The summed E-state index contributed by atoms with van der Waals surface area (Å²) in [6, 6.07) is 6.35. The summed E-state index contributed by atoms with van der Waals surface area (Å²) in [6.45, 7) is 2.42. The maximum absolute atomic E-state index is 13.4. The zero-order chi connectivity index (χ0) is 15.7. The number of hydrogen-bond acceptors (Lipinski definition) is 3. The Balaban J connectivity index is 1.80. The summed E-state index contributed by atoms with van der Waals surface area (Å²) in [5.41, 5.74) is 2.08. The summed E-state index contributed by atoms with van der Waals surface area (Å²) in [5.74, 6) is -0.324. The van der Waals surface area contributed by atoms with E-state index in [0.29, 0.717) is 17.8 Å². The first-order chi connectivity index (χ1) is 10.6. The van der Waals surface area contributed by atoms with Crippen LogP contribution in [0.25, 0.3) is 0 Å². The first kappa shape index (κ1) is 15.0. The van der Waals surface area contributed by atoms with E-state index in [1.54, 1.807) is 17.9 Å². The van der Waals surface area contributed by atoms with Crippen LogP contribution in [0, 0.1) is 12.7 Å². The number of halogens is 2. The van der Waals surface area contributed by atoms with Gasteiger partial charge in [-0.25, -0.2) is 4.39 Å². The fraction of sp³-hybridized carbons (Fsp3) is 0.375. The minimum Gasteiger partial charge on any atom is -0.344 e. The van der Waals surface area contributed by atoms with Gasteiger partial charge >= 0.3 is 0 Å². The standard InChI is InChI=1S/C16H16ClFN2O2/c1-10-13(16(17)22-19-10)9-15(21)20-7-3-6-14(20)11-4-2-5-12(18)8-11/h2,4-5,8,14H,3,6-7,9H2,1H3/t14-/m1/s1. The monoisotopic (exact) mass is 322 g/mol. The lowest BCUT2D eigenvalue weighted by atomic mass is 10.0. The highest BCUT2D eigenvalue weighted by atomic mass is 35.5. The molecule has 0 radical (unpaired) electrons. The second-order valence-corrected chi connectivity index (χ2v) is 5.84. The molecule has 0 spiro atoms. The summed E-state index contributed by atoms with van der Waals surface area (Å²) in [6.07, 6.45) is 1.90. The van der Waals surface area contributed by atoms with E-state index in [9.17, 15) is 9.18 Å². The van der Waals surface area contributed by atoms with Crippen LogP contribution in [0.1, 0.15) is 35.7 Å². The minimum absolute atomic E-state index is 0.0417. The molecule has 6 heteroatoms. The number of aryl methyl sites for hydroxylation is 1. The molecule has 1 saturated heterocycles. The molecule has 0 unspecified atom stereocenters. The lowest BCUT2D eigenvalue weighted by molar-refractivity contribution is -0.131. The molecule has 1 aliphatic heterocycles. The molecule has 0 aliphatic carbocycles. The molecule has 3 rings (SSSR count). The Morgan fingerprint density at radius 1 is 1.55 bits per heavy atom. The van der Waals surface area contributed by atoms with Crippen LogP contribution in [0.5, 0.6) is 0 Å². The van der Waals surface area contributed by atoms with Gasteiger partial charge in [-0.1, -0.05) is 17.3 Å². The van der Waals surface area contributed by atoms with Gasteiger partial charge in [0.2, 0.25) is 11.1 Å². The SMILES string of the molecule is Cc1noc(Cl)c1CC(=O)N1CCC[C@@H]1c1cccc(F)c1. The van der Waals surface area contributed by atoms with Crippen LogP contribution >= 0.6 is 11.6 Å². The second kappa shape index (κ2) is 6.08. The first-order valence-electron chi connectivity index (χ1n) is 7.22. The Morgan fingerprint density at radius 3 is 3.05 bits per heavy atom. The van der Waals surface area contributed by atoms with Gasteiger partial charge in [-0.05, 0) is 49.1 Å². The van der Waals surface area contributed by atoms with Gasteiger partial charge in [-0.2, -0.15) is 0 Å². The van der Waals surface area contributed by atoms with E-state index in [0.717, 1.165) is 18.4 Å². The highest BCUT2D eigenvalue weighted by Gasteiger charge is 2.31. The van der Waals surface area contributed by atoms with Gasteiger partial charge in [0.1, 0.15) is 5.82 Å². The van der Waals surface area contributed by atoms with Crippen molar-refractivity contribution in [3.63, 3.8) is 0 Å². The molecule has 22 heavy (non-hydrogen) atoms. The normalized spacial score (nSPS) is 18.0. The van der Waals surface area contributed by atoms with Crippen molar-refractivity contribution in [3.05, 3.63) is 52.1 Å². The highest BCUT2D eigenvalue weighted by molar-refractivity contribution is 6.29. The molecule has 1 aromatic heterocycles. The van der Waals surface area contributed by atoms with Crippen LogP contribution in [0.2, 0.25) is 5.22 Å². The predicted octanol–water partition coefficient (Wildman–Crippen LogP) is 3.68. The summed E-state index contributed by atoms with van der Waals surface area (Å²) in [4.78, 5) is 14.4. The fourth-order valence-electron chi connectivity index (χ4n) is 2.94. The minimum atomic E-state index is -0.283. The molecule has 2 heterocycles. The molecule has 116 valence electrons. The molecular weight excluding hydrogens is 307 g/mol. The van der Waals surface area contributed by atoms with Crippen molar-refractivity contribution < 1.29 is 13.7 Å². The Labute approximate surface area is 132 Å².